The fraction of sp³-hybridized carbons (Fsp3) is 0.318. The van der Waals surface area contributed by atoms with Crippen molar-refractivity contribution >= 4 is 5.96 Å². The highest BCUT2D eigenvalue weighted by Gasteiger charge is 2.30. The highest BCUT2D eigenvalue weighted by Crippen LogP contribution is 2.30. The molecule has 6 nitrogen and oxygen atoms in total. The molecule has 1 aromatic heterocycles. The zero-order valence-corrected chi connectivity index (χ0v) is 17.6. The van der Waals surface area contributed by atoms with Gasteiger partial charge >= 0.3 is 6.18 Å². The Morgan fingerprint density at radius 1 is 1.10 bits per heavy atom. The maximum absolute atomic E-state index is 13.1. The van der Waals surface area contributed by atoms with Gasteiger partial charge in [0, 0.05) is 7.05 Å². The van der Waals surface area contributed by atoms with Crippen LogP contribution in [0.25, 0.3) is 0 Å². The second kappa shape index (κ2) is 9.63. The Balaban J connectivity index is 1.77. The predicted octanol–water partition coefficient (Wildman–Crippen LogP) is 4.14. The number of hydrogen-bond acceptors (Lipinski definition) is 3. The second-order valence-electron chi connectivity index (χ2n) is 7.22. The van der Waals surface area contributed by atoms with E-state index in [1.165, 1.54) is 6.07 Å². The number of aliphatic imine (C=N–C) groups is 1. The lowest BCUT2D eigenvalue weighted by atomic mass is 10.1. The van der Waals surface area contributed by atoms with Gasteiger partial charge in [-0.2, -0.15) is 13.2 Å². The van der Waals surface area contributed by atoms with E-state index < -0.39 is 17.8 Å². The van der Waals surface area contributed by atoms with Crippen LogP contribution in [0.5, 0.6) is 0 Å². The number of alkyl halides is 3. The first-order chi connectivity index (χ1) is 14.7. The van der Waals surface area contributed by atoms with E-state index in [1.807, 2.05) is 48.9 Å². The molecule has 0 saturated carbocycles. The number of guanidine groups is 1. The van der Waals surface area contributed by atoms with E-state index in [0.717, 1.165) is 29.3 Å². The number of nitrogens with zero attached hydrogens (tertiary/aromatic N) is 4. The molecule has 0 aliphatic heterocycles. The van der Waals surface area contributed by atoms with Gasteiger partial charge in [-0.15, -0.1) is 10.2 Å². The zero-order valence-electron chi connectivity index (χ0n) is 17.6. The van der Waals surface area contributed by atoms with E-state index in [-0.39, 0.29) is 0 Å². The van der Waals surface area contributed by atoms with E-state index in [2.05, 4.69) is 25.8 Å². The van der Waals surface area contributed by atoms with Crippen molar-refractivity contribution in [3.63, 3.8) is 0 Å². The molecule has 0 amide bonds. The monoisotopic (exact) mass is 430 g/mol. The van der Waals surface area contributed by atoms with Crippen LogP contribution >= 0.6 is 0 Å². The molecule has 1 heterocycles. The molecule has 0 aliphatic carbocycles. The Labute approximate surface area is 179 Å². The van der Waals surface area contributed by atoms with Crippen LogP contribution in [0.4, 0.5) is 13.2 Å². The van der Waals surface area contributed by atoms with Crippen molar-refractivity contribution < 1.29 is 13.2 Å². The largest absolute Gasteiger partial charge is 0.416 e. The number of rotatable bonds is 6. The van der Waals surface area contributed by atoms with E-state index in [4.69, 9.17) is 0 Å². The average Bonchev–Trinajstić information content (AvgIpc) is 3.08. The maximum atomic E-state index is 13.1. The van der Waals surface area contributed by atoms with Crippen molar-refractivity contribution in [1.82, 2.24) is 25.4 Å². The number of halogens is 3. The fourth-order valence-electron chi connectivity index (χ4n) is 2.95. The van der Waals surface area contributed by atoms with Crippen LogP contribution < -0.4 is 10.6 Å². The molecule has 0 radical (unpaired) electrons. The molecule has 164 valence electrons. The minimum Gasteiger partial charge on any atom is -0.350 e. The number of benzene rings is 2. The molecule has 0 fully saturated rings. The molecule has 0 bridgehead atoms. The van der Waals surface area contributed by atoms with Crippen molar-refractivity contribution in [2.24, 2.45) is 12.0 Å². The zero-order chi connectivity index (χ0) is 22.4. The van der Waals surface area contributed by atoms with E-state index in [1.54, 1.807) is 13.0 Å². The summed E-state index contributed by atoms with van der Waals surface area (Å²) < 4.78 is 41.1. The molecule has 3 aromatic rings. The van der Waals surface area contributed by atoms with Gasteiger partial charge in [0.15, 0.2) is 11.8 Å². The smallest absolute Gasteiger partial charge is 0.350 e. The van der Waals surface area contributed by atoms with Gasteiger partial charge in [0.25, 0.3) is 0 Å². The van der Waals surface area contributed by atoms with E-state index >= 15 is 0 Å². The summed E-state index contributed by atoms with van der Waals surface area (Å²) in [4.78, 5) is 4.60. The summed E-state index contributed by atoms with van der Waals surface area (Å²) in [6, 6.07) is 14.6. The summed E-state index contributed by atoms with van der Waals surface area (Å²) in [6.07, 6.45) is -4.39. The first kappa shape index (κ1) is 22.3. The predicted molar refractivity (Wildman–Crippen MR) is 113 cm³/mol. The fourth-order valence-corrected chi connectivity index (χ4v) is 2.95. The lowest BCUT2D eigenvalue weighted by Crippen LogP contribution is -2.39. The third-order valence-electron chi connectivity index (χ3n) is 4.93. The summed E-state index contributed by atoms with van der Waals surface area (Å²) in [5, 5.41) is 14.6. The van der Waals surface area contributed by atoms with Crippen molar-refractivity contribution in [1.29, 1.82) is 0 Å². The van der Waals surface area contributed by atoms with Gasteiger partial charge in [-0.25, -0.2) is 4.99 Å². The first-order valence-electron chi connectivity index (χ1n) is 9.85. The van der Waals surface area contributed by atoms with Crippen LogP contribution in [0.2, 0.25) is 0 Å². The first-order valence-corrected chi connectivity index (χ1v) is 9.85. The second-order valence-corrected chi connectivity index (χ2v) is 7.22. The number of nitrogens with one attached hydrogen (secondary N) is 2. The number of hydrogen-bond donors (Lipinski definition) is 2. The molecule has 1 unspecified atom stereocenters. The van der Waals surface area contributed by atoms with Gasteiger partial charge in [-0.3, -0.25) is 0 Å². The van der Waals surface area contributed by atoms with Gasteiger partial charge in [0.1, 0.15) is 5.82 Å². The van der Waals surface area contributed by atoms with Crippen LogP contribution in [-0.2, 0) is 26.3 Å². The quantitative estimate of drug-likeness (QED) is 0.456. The summed E-state index contributed by atoms with van der Waals surface area (Å²) in [7, 11) is 1.87. The molecular formula is C22H25F3N6. The minimum absolute atomic E-state index is 0.368. The molecule has 0 aliphatic rings. The summed E-state index contributed by atoms with van der Waals surface area (Å²) in [6.45, 7) is 4.44. The van der Waals surface area contributed by atoms with Crippen molar-refractivity contribution in [2.75, 3.05) is 0 Å². The van der Waals surface area contributed by atoms with E-state index in [9.17, 15) is 13.2 Å². The van der Waals surface area contributed by atoms with Crippen LogP contribution in [0.3, 0.4) is 0 Å². The molecule has 9 heteroatoms. The average molecular weight is 430 g/mol. The van der Waals surface area contributed by atoms with Crippen LogP contribution in [0.15, 0.2) is 59.6 Å². The normalized spacial score (nSPS) is 13.2. The lowest BCUT2D eigenvalue weighted by Gasteiger charge is -2.20. The molecule has 0 spiro atoms. The highest BCUT2D eigenvalue weighted by molar-refractivity contribution is 5.80. The third-order valence-corrected chi connectivity index (χ3v) is 4.93. The van der Waals surface area contributed by atoms with Crippen LogP contribution in [0.1, 0.15) is 41.3 Å². The molecule has 31 heavy (non-hydrogen) atoms. The van der Waals surface area contributed by atoms with Crippen molar-refractivity contribution in [3.8, 4) is 0 Å². The Morgan fingerprint density at radius 3 is 2.48 bits per heavy atom. The third kappa shape index (κ3) is 6.07. The molecule has 3 rings (SSSR count). The van der Waals surface area contributed by atoms with Gasteiger partial charge in [0.05, 0.1) is 24.7 Å². The molecule has 0 saturated heterocycles. The highest BCUT2D eigenvalue weighted by atomic mass is 19.4. The van der Waals surface area contributed by atoms with Crippen molar-refractivity contribution in [3.05, 3.63) is 82.9 Å². The Bertz CT molecular complexity index is 1030. The van der Waals surface area contributed by atoms with Gasteiger partial charge in [0.2, 0.25) is 0 Å². The number of aryl methyl sites for hydroxylation is 1. The molecular weight excluding hydrogens is 405 g/mol. The molecule has 1 atom stereocenters. The van der Waals surface area contributed by atoms with Gasteiger partial charge in [-0.05, 0) is 37.1 Å². The Kier molecular flexibility index (Phi) is 6.94. The SMILES string of the molecule is Cc1nnc(CNC(=NCc2ccccc2)NC(C)c2cccc(C(F)(F)F)c2)n1C. The molecule has 2 aromatic carbocycles. The summed E-state index contributed by atoms with van der Waals surface area (Å²) in [5.74, 6) is 1.97. The summed E-state index contributed by atoms with van der Waals surface area (Å²) >= 11 is 0. The van der Waals surface area contributed by atoms with Gasteiger partial charge in [-0.1, -0.05) is 42.5 Å². The van der Waals surface area contributed by atoms with Crippen LogP contribution in [0, 0.1) is 6.92 Å². The van der Waals surface area contributed by atoms with Crippen LogP contribution in [-0.4, -0.2) is 20.7 Å². The summed E-state index contributed by atoms with van der Waals surface area (Å²) in [5.41, 5.74) is 0.854. The maximum Gasteiger partial charge on any atom is 0.416 e. The lowest BCUT2D eigenvalue weighted by molar-refractivity contribution is -0.137. The standard InChI is InChI=1S/C22H25F3N6/c1-15(18-10-7-11-19(12-18)22(23,24)25)28-21(26-13-17-8-5-4-6-9-17)27-14-20-30-29-16(2)31(20)3/h4-12,15H,13-14H2,1-3H3,(H2,26,27,28). The van der Waals surface area contributed by atoms with Crippen molar-refractivity contribution in [2.45, 2.75) is 39.2 Å². The molecule has 2 N–H and O–H groups in total. The Hall–Kier alpha value is -3.36. The van der Waals surface area contributed by atoms with E-state index in [0.29, 0.717) is 24.6 Å². The number of aromatic nitrogens is 3. The Morgan fingerprint density at radius 2 is 1.84 bits per heavy atom. The topological polar surface area (TPSA) is 67.1 Å². The van der Waals surface area contributed by atoms with Gasteiger partial charge < -0.3 is 15.2 Å². The minimum atomic E-state index is -4.39.